The molecule has 0 aliphatic heterocycles. The standard InChI is InChI=1S/C19H18O3/c1-4-19(2,3)18(21)22-12-9-10-14-13-7-5-6-8-15(13)17(20)16(14)11-12/h5-11H,4H2,1-3H3. The number of rotatable bonds is 3. The van der Waals surface area contributed by atoms with Gasteiger partial charge >= 0.3 is 5.97 Å². The Morgan fingerprint density at radius 1 is 1.00 bits per heavy atom. The Morgan fingerprint density at radius 3 is 2.32 bits per heavy atom. The van der Waals surface area contributed by atoms with Gasteiger partial charge in [-0.2, -0.15) is 0 Å². The van der Waals surface area contributed by atoms with Crippen LogP contribution < -0.4 is 4.74 Å². The highest BCUT2D eigenvalue weighted by atomic mass is 16.5. The van der Waals surface area contributed by atoms with Crippen molar-refractivity contribution in [2.75, 3.05) is 0 Å². The molecule has 0 amide bonds. The number of hydrogen-bond donors (Lipinski definition) is 0. The molecule has 0 radical (unpaired) electrons. The van der Waals surface area contributed by atoms with Crippen LogP contribution in [0.2, 0.25) is 0 Å². The average Bonchev–Trinajstić information content (AvgIpc) is 2.80. The maximum atomic E-state index is 12.4. The first-order valence-electron chi connectivity index (χ1n) is 7.44. The Kier molecular flexibility index (Phi) is 3.36. The number of esters is 1. The fourth-order valence-electron chi connectivity index (χ4n) is 2.46. The van der Waals surface area contributed by atoms with E-state index < -0.39 is 5.41 Å². The number of benzene rings is 2. The van der Waals surface area contributed by atoms with E-state index in [9.17, 15) is 9.59 Å². The second-order valence-electron chi connectivity index (χ2n) is 6.21. The normalized spacial score (nSPS) is 12.8. The van der Waals surface area contributed by atoms with E-state index in [2.05, 4.69) is 0 Å². The smallest absolute Gasteiger partial charge is 0.316 e. The number of carbonyl (C=O) groups excluding carboxylic acids is 2. The SMILES string of the molecule is CCC(C)(C)C(=O)Oc1ccc2c(c1)C(=O)c1ccccc1-2. The molecule has 0 spiro atoms. The molecule has 3 nitrogen and oxygen atoms in total. The van der Waals surface area contributed by atoms with Crippen molar-refractivity contribution >= 4 is 11.8 Å². The first-order valence-corrected chi connectivity index (χ1v) is 7.44. The molecular weight excluding hydrogens is 276 g/mol. The van der Waals surface area contributed by atoms with Crippen molar-refractivity contribution < 1.29 is 14.3 Å². The fourth-order valence-corrected chi connectivity index (χ4v) is 2.46. The minimum atomic E-state index is -0.536. The predicted octanol–water partition coefficient (Wildman–Crippen LogP) is 4.24. The fraction of sp³-hybridized carbons (Fsp3) is 0.263. The summed E-state index contributed by atoms with van der Waals surface area (Å²) in [5.74, 6) is 0.127. The molecule has 2 aromatic rings. The monoisotopic (exact) mass is 294 g/mol. The highest BCUT2D eigenvalue weighted by molar-refractivity contribution is 6.21. The van der Waals surface area contributed by atoms with E-state index in [0.29, 0.717) is 23.3 Å². The molecule has 112 valence electrons. The highest BCUT2D eigenvalue weighted by Crippen LogP contribution is 2.38. The van der Waals surface area contributed by atoms with Crippen LogP contribution in [0, 0.1) is 5.41 Å². The van der Waals surface area contributed by atoms with Gasteiger partial charge in [-0.15, -0.1) is 0 Å². The molecule has 0 unspecified atom stereocenters. The molecule has 2 aromatic carbocycles. The van der Waals surface area contributed by atoms with Crippen LogP contribution in [0.25, 0.3) is 11.1 Å². The molecule has 1 aliphatic carbocycles. The van der Waals surface area contributed by atoms with E-state index in [1.165, 1.54) is 0 Å². The molecule has 0 saturated heterocycles. The van der Waals surface area contributed by atoms with E-state index in [-0.39, 0.29) is 11.8 Å². The maximum absolute atomic E-state index is 12.4. The molecule has 3 heteroatoms. The zero-order chi connectivity index (χ0) is 15.9. The molecule has 0 bridgehead atoms. The van der Waals surface area contributed by atoms with Crippen molar-refractivity contribution in [2.45, 2.75) is 27.2 Å². The lowest BCUT2D eigenvalue weighted by Gasteiger charge is -2.20. The largest absolute Gasteiger partial charge is 0.426 e. The lowest BCUT2D eigenvalue weighted by atomic mass is 9.91. The van der Waals surface area contributed by atoms with Gasteiger partial charge < -0.3 is 4.74 Å². The summed E-state index contributed by atoms with van der Waals surface area (Å²) in [6.07, 6.45) is 0.696. The number of ether oxygens (including phenoxy) is 1. The summed E-state index contributed by atoms with van der Waals surface area (Å²) in [5.41, 5.74) is 2.60. The second kappa shape index (κ2) is 5.09. The summed E-state index contributed by atoms with van der Waals surface area (Å²) in [6, 6.07) is 12.8. The molecule has 0 atom stereocenters. The molecule has 3 rings (SSSR count). The van der Waals surface area contributed by atoms with Crippen LogP contribution >= 0.6 is 0 Å². The van der Waals surface area contributed by atoms with Gasteiger partial charge in [0.05, 0.1) is 5.41 Å². The van der Waals surface area contributed by atoms with Crippen molar-refractivity contribution in [2.24, 2.45) is 5.41 Å². The number of fused-ring (bicyclic) bond motifs is 3. The molecule has 0 N–H and O–H groups in total. The molecule has 0 fully saturated rings. The zero-order valence-corrected chi connectivity index (χ0v) is 13.0. The summed E-state index contributed by atoms with van der Waals surface area (Å²) in [6.45, 7) is 5.65. The van der Waals surface area contributed by atoms with Crippen molar-refractivity contribution in [1.29, 1.82) is 0 Å². The molecule has 1 aliphatic rings. The van der Waals surface area contributed by atoms with Gasteiger partial charge in [0.25, 0.3) is 0 Å². The number of carbonyl (C=O) groups is 2. The lowest BCUT2D eigenvalue weighted by molar-refractivity contribution is -0.144. The van der Waals surface area contributed by atoms with Crippen LogP contribution in [0.15, 0.2) is 42.5 Å². The van der Waals surface area contributed by atoms with Gasteiger partial charge in [0.15, 0.2) is 5.78 Å². The quantitative estimate of drug-likeness (QED) is 0.536. The number of ketones is 1. The van der Waals surface area contributed by atoms with Gasteiger partial charge in [0.1, 0.15) is 5.75 Å². The predicted molar refractivity (Wildman–Crippen MR) is 85.0 cm³/mol. The van der Waals surface area contributed by atoms with Gasteiger partial charge in [0.2, 0.25) is 0 Å². The maximum Gasteiger partial charge on any atom is 0.316 e. The van der Waals surface area contributed by atoms with E-state index >= 15 is 0 Å². The third kappa shape index (κ3) is 2.23. The molecule has 0 aromatic heterocycles. The van der Waals surface area contributed by atoms with Crippen LogP contribution in [-0.4, -0.2) is 11.8 Å². The van der Waals surface area contributed by atoms with Crippen LogP contribution in [0.1, 0.15) is 43.1 Å². The van der Waals surface area contributed by atoms with Crippen LogP contribution in [0.3, 0.4) is 0 Å². The summed E-state index contributed by atoms with van der Waals surface area (Å²) < 4.78 is 5.45. The van der Waals surface area contributed by atoms with Gasteiger partial charge in [-0.05, 0) is 49.6 Å². The second-order valence-corrected chi connectivity index (χ2v) is 6.21. The lowest BCUT2D eigenvalue weighted by Crippen LogP contribution is -2.28. The van der Waals surface area contributed by atoms with Crippen LogP contribution in [0.5, 0.6) is 5.75 Å². The highest BCUT2D eigenvalue weighted by Gasteiger charge is 2.30. The zero-order valence-electron chi connectivity index (χ0n) is 13.0. The molecular formula is C19H18O3. The minimum Gasteiger partial charge on any atom is -0.426 e. The van der Waals surface area contributed by atoms with E-state index in [0.717, 1.165) is 11.1 Å². The van der Waals surface area contributed by atoms with Crippen molar-refractivity contribution in [3.8, 4) is 16.9 Å². The molecule has 0 saturated carbocycles. The van der Waals surface area contributed by atoms with Crippen molar-refractivity contribution in [3.63, 3.8) is 0 Å². The van der Waals surface area contributed by atoms with Gasteiger partial charge in [0, 0.05) is 11.1 Å². The Hall–Kier alpha value is -2.42. The van der Waals surface area contributed by atoms with Crippen molar-refractivity contribution in [3.05, 3.63) is 53.6 Å². The summed E-state index contributed by atoms with van der Waals surface area (Å²) in [4.78, 5) is 24.6. The number of hydrogen-bond acceptors (Lipinski definition) is 3. The first kappa shape index (κ1) is 14.5. The van der Waals surface area contributed by atoms with Gasteiger partial charge in [-0.3, -0.25) is 9.59 Å². The average molecular weight is 294 g/mol. The first-order chi connectivity index (χ1) is 10.4. The molecule has 22 heavy (non-hydrogen) atoms. The van der Waals surface area contributed by atoms with E-state index in [1.54, 1.807) is 12.1 Å². The Labute approximate surface area is 129 Å². The van der Waals surface area contributed by atoms with Crippen LogP contribution in [-0.2, 0) is 4.79 Å². The van der Waals surface area contributed by atoms with E-state index in [4.69, 9.17) is 4.74 Å². The molecule has 0 heterocycles. The third-order valence-electron chi connectivity index (χ3n) is 4.34. The van der Waals surface area contributed by atoms with Gasteiger partial charge in [-0.25, -0.2) is 0 Å². The van der Waals surface area contributed by atoms with Crippen molar-refractivity contribution in [1.82, 2.24) is 0 Å². The summed E-state index contributed by atoms with van der Waals surface area (Å²) in [5, 5.41) is 0. The topological polar surface area (TPSA) is 43.4 Å². The summed E-state index contributed by atoms with van der Waals surface area (Å²) >= 11 is 0. The van der Waals surface area contributed by atoms with E-state index in [1.807, 2.05) is 51.1 Å². The minimum absolute atomic E-state index is 0.0155. The third-order valence-corrected chi connectivity index (χ3v) is 4.34. The van der Waals surface area contributed by atoms with Crippen LogP contribution in [0.4, 0.5) is 0 Å². The summed E-state index contributed by atoms with van der Waals surface area (Å²) in [7, 11) is 0. The van der Waals surface area contributed by atoms with Gasteiger partial charge in [-0.1, -0.05) is 31.2 Å². The Balaban J connectivity index is 1.94. The Bertz CT molecular complexity index is 772. The Morgan fingerprint density at radius 2 is 1.64 bits per heavy atom.